The number of pyridine rings is 1. The Labute approximate surface area is 206 Å². The van der Waals surface area contributed by atoms with E-state index in [0.29, 0.717) is 11.8 Å². The molecule has 0 saturated carbocycles. The summed E-state index contributed by atoms with van der Waals surface area (Å²) < 4.78 is 1.90. The summed E-state index contributed by atoms with van der Waals surface area (Å²) in [4.78, 5) is 6.55. The van der Waals surface area contributed by atoms with E-state index in [1.54, 1.807) is 0 Å². The molecule has 4 aromatic rings. The van der Waals surface area contributed by atoms with Crippen molar-refractivity contribution in [3.05, 3.63) is 53.3 Å². The lowest BCUT2D eigenvalue weighted by Crippen LogP contribution is -2.42. The molecule has 0 radical (unpaired) electrons. The van der Waals surface area contributed by atoms with Gasteiger partial charge in [0.05, 0.1) is 17.4 Å². The van der Waals surface area contributed by atoms with Gasteiger partial charge < -0.3 is 9.88 Å². The predicted octanol–water partition coefficient (Wildman–Crippen LogP) is 6.38. The van der Waals surface area contributed by atoms with Crippen LogP contribution in [0.25, 0.3) is 27.7 Å². The van der Waals surface area contributed by atoms with Gasteiger partial charge in [0.1, 0.15) is 0 Å². The van der Waals surface area contributed by atoms with Gasteiger partial charge >= 0.3 is 0 Å². The summed E-state index contributed by atoms with van der Waals surface area (Å²) in [5.74, 6) is 3.80. The fourth-order valence-electron chi connectivity index (χ4n) is 6.21. The summed E-state index contributed by atoms with van der Waals surface area (Å²) in [5, 5.41) is 9.68. The van der Waals surface area contributed by atoms with Crippen molar-refractivity contribution in [3.63, 3.8) is 0 Å². The van der Waals surface area contributed by atoms with Crippen molar-refractivity contribution in [1.29, 1.82) is 0 Å². The molecular weight excluding hydrogens is 438 g/mol. The standard InChI is InChI=1S/C28H35N5S/c1-18(2)27-25-16-21(20-6-10-32(11-7-20)23-8-12-34-13-9-23)4-5-26(25)30-28(27)22-14-19(3)33-24(15-22)17-29-31-33/h4-5,14-18,20,23,30H,6-13H2,1-3H3. The van der Waals surface area contributed by atoms with Crippen LogP contribution in [0.15, 0.2) is 36.5 Å². The fourth-order valence-corrected chi connectivity index (χ4v) is 7.29. The number of hydrogen-bond acceptors (Lipinski definition) is 4. The molecule has 0 atom stereocenters. The normalized spacial score (nSPS) is 19.1. The molecule has 2 fully saturated rings. The minimum Gasteiger partial charge on any atom is -0.354 e. The van der Waals surface area contributed by atoms with Gasteiger partial charge in [-0.1, -0.05) is 25.1 Å². The molecule has 34 heavy (non-hydrogen) atoms. The second kappa shape index (κ2) is 9.04. The van der Waals surface area contributed by atoms with Gasteiger partial charge in [-0.3, -0.25) is 0 Å². The SMILES string of the molecule is Cc1cc(-c2[nH]c3ccc(C4CCN(C5CCSCC5)CC4)cc3c2C(C)C)cc2cnnn12. The van der Waals surface area contributed by atoms with Gasteiger partial charge in [-0.25, -0.2) is 4.52 Å². The number of hydrogen-bond donors (Lipinski definition) is 1. The number of aryl methyl sites for hydroxylation is 1. The van der Waals surface area contributed by atoms with Gasteiger partial charge in [-0.2, -0.15) is 11.8 Å². The molecule has 2 aliphatic rings. The molecule has 5 heterocycles. The van der Waals surface area contributed by atoms with Crippen molar-refractivity contribution in [3.8, 4) is 11.3 Å². The van der Waals surface area contributed by atoms with Crippen LogP contribution < -0.4 is 0 Å². The maximum Gasteiger partial charge on any atom is 0.0874 e. The third-order valence-corrected chi connectivity index (χ3v) is 9.06. The summed E-state index contributed by atoms with van der Waals surface area (Å²) in [7, 11) is 0. The Kier molecular flexibility index (Phi) is 5.90. The number of benzene rings is 1. The number of fused-ring (bicyclic) bond motifs is 2. The van der Waals surface area contributed by atoms with E-state index < -0.39 is 0 Å². The zero-order chi connectivity index (χ0) is 23.2. The Bertz CT molecular complexity index is 1310. The Morgan fingerprint density at radius 1 is 1.03 bits per heavy atom. The minimum absolute atomic E-state index is 0.435. The lowest BCUT2D eigenvalue weighted by atomic mass is 9.87. The molecule has 1 N–H and O–H groups in total. The van der Waals surface area contributed by atoms with Crippen molar-refractivity contribution in [1.82, 2.24) is 24.7 Å². The number of aromatic amines is 1. The molecule has 0 aliphatic carbocycles. The summed E-state index contributed by atoms with van der Waals surface area (Å²) in [6, 6.07) is 12.4. The monoisotopic (exact) mass is 473 g/mol. The van der Waals surface area contributed by atoms with Gasteiger partial charge in [0.15, 0.2) is 0 Å². The average Bonchev–Trinajstić information content (AvgIpc) is 3.49. The number of rotatable bonds is 4. The summed E-state index contributed by atoms with van der Waals surface area (Å²) in [5.41, 5.74) is 8.76. The van der Waals surface area contributed by atoms with E-state index in [2.05, 4.69) is 83.1 Å². The number of piperidine rings is 1. The van der Waals surface area contributed by atoms with Gasteiger partial charge in [-0.05, 0) is 104 Å². The Morgan fingerprint density at radius 2 is 1.82 bits per heavy atom. The number of nitrogens with one attached hydrogen (secondary N) is 1. The third-order valence-electron chi connectivity index (χ3n) is 8.01. The Hall–Kier alpha value is -2.31. The lowest BCUT2D eigenvalue weighted by molar-refractivity contribution is 0.144. The fraction of sp³-hybridized carbons (Fsp3) is 0.500. The maximum absolute atomic E-state index is 4.20. The molecule has 0 bridgehead atoms. The highest BCUT2D eigenvalue weighted by Crippen LogP contribution is 2.39. The third kappa shape index (κ3) is 3.95. The molecule has 0 amide bonds. The van der Waals surface area contributed by atoms with E-state index in [1.807, 2.05) is 10.7 Å². The minimum atomic E-state index is 0.435. The molecule has 0 spiro atoms. The quantitative estimate of drug-likeness (QED) is 0.373. The second-order valence-electron chi connectivity index (χ2n) is 10.5. The Balaban J connectivity index is 1.32. The zero-order valence-corrected chi connectivity index (χ0v) is 21.4. The average molecular weight is 474 g/mol. The molecule has 2 saturated heterocycles. The van der Waals surface area contributed by atoms with Crippen LogP contribution in [-0.2, 0) is 0 Å². The van der Waals surface area contributed by atoms with Crippen LogP contribution >= 0.6 is 11.8 Å². The summed E-state index contributed by atoms with van der Waals surface area (Å²) >= 11 is 2.13. The lowest BCUT2D eigenvalue weighted by Gasteiger charge is -2.39. The molecule has 6 heteroatoms. The molecule has 2 aliphatic heterocycles. The maximum atomic E-state index is 4.20. The van der Waals surface area contributed by atoms with Crippen LogP contribution in [0.3, 0.4) is 0 Å². The van der Waals surface area contributed by atoms with E-state index in [9.17, 15) is 0 Å². The summed E-state index contributed by atoms with van der Waals surface area (Å²) in [6.45, 7) is 9.23. The number of likely N-dealkylation sites (tertiary alicyclic amines) is 1. The van der Waals surface area contributed by atoms with Gasteiger partial charge in [0, 0.05) is 28.2 Å². The molecule has 1 aromatic carbocycles. The highest BCUT2D eigenvalue weighted by molar-refractivity contribution is 7.99. The van der Waals surface area contributed by atoms with Crippen LogP contribution in [0.5, 0.6) is 0 Å². The topological polar surface area (TPSA) is 49.2 Å². The van der Waals surface area contributed by atoms with Crippen molar-refractivity contribution in [2.24, 2.45) is 0 Å². The van der Waals surface area contributed by atoms with E-state index in [0.717, 1.165) is 17.3 Å². The van der Waals surface area contributed by atoms with Gasteiger partial charge in [0.2, 0.25) is 0 Å². The van der Waals surface area contributed by atoms with Crippen LogP contribution in [0.2, 0.25) is 0 Å². The van der Waals surface area contributed by atoms with E-state index in [-0.39, 0.29) is 0 Å². The van der Waals surface area contributed by atoms with Crippen LogP contribution in [0.4, 0.5) is 0 Å². The van der Waals surface area contributed by atoms with E-state index in [1.165, 1.54) is 83.6 Å². The van der Waals surface area contributed by atoms with Crippen LogP contribution in [-0.4, -0.2) is 55.3 Å². The number of thioether (sulfide) groups is 1. The second-order valence-corrected chi connectivity index (χ2v) is 11.7. The van der Waals surface area contributed by atoms with Gasteiger partial charge in [-0.15, -0.1) is 5.10 Å². The first kappa shape index (κ1) is 22.2. The molecule has 6 rings (SSSR count). The molecular formula is C28H35N5S. The number of H-pyrrole nitrogens is 1. The van der Waals surface area contributed by atoms with Crippen LogP contribution in [0, 0.1) is 6.92 Å². The van der Waals surface area contributed by atoms with Crippen molar-refractivity contribution in [2.45, 2.75) is 64.3 Å². The number of aromatic nitrogens is 4. The molecule has 0 unspecified atom stereocenters. The van der Waals surface area contributed by atoms with E-state index >= 15 is 0 Å². The first-order valence-electron chi connectivity index (χ1n) is 12.9. The highest BCUT2D eigenvalue weighted by atomic mass is 32.2. The van der Waals surface area contributed by atoms with E-state index in [4.69, 9.17) is 0 Å². The molecule has 5 nitrogen and oxygen atoms in total. The summed E-state index contributed by atoms with van der Waals surface area (Å²) in [6.07, 6.45) is 7.17. The van der Waals surface area contributed by atoms with Crippen LogP contribution in [0.1, 0.15) is 68.2 Å². The smallest absolute Gasteiger partial charge is 0.0874 e. The molecule has 3 aromatic heterocycles. The largest absolute Gasteiger partial charge is 0.354 e. The zero-order valence-electron chi connectivity index (χ0n) is 20.6. The number of nitrogens with zero attached hydrogens (tertiary/aromatic N) is 4. The van der Waals surface area contributed by atoms with Crippen molar-refractivity contribution in [2.75, 3.05) is 24.6 Å². The van der Waals surface area contributed by atoms with Gasteiger partial charge in [0.25, 0.3) is 0 Å². The Morgan fingerprint density at radius 3 is 2.59 bits per heavy atom. The first-order valence-corrected chi connectivity index (χ1v) is 14.0. The molecule has 178 valence electrons. The predicted molar refractivity (Wildman–Crippen MR) is 143 cm³/mol. The first-order chi connectivity index (χ1) is 16.6. The van der Waals surface area contributed by atoms with Crippen molar-refractivity contribution < 1.29 is 0 Å². The van der Waals surface area contributed by atoms with Crippen molar-refractivity contribution >= 4 is 28.2 Å². The highest BCUT2D eigenvalue weighted by Gasteiger charge is 2.27.